The van der Waals surface area contributed by atoms with Gasteiger partial charge in [0.2, 0.25) is 5.89 Å². The first kappa shape index (κ1) is 17.2. The largest absolute Gasteiger partial charge is 0.464 e. The van der Waals surface area contributed by atoms with Gasteiger partial charge in [-0.3, -0.25) is 4.90 Å². The van der Waals surface area contributed by atoms with Crippen LogP contribution in [0.4, 0.5) is 0 Å². The minimum absolute atomic E-state index is 0.294. The minimum Gasteiger partial charge on any atom is -0.464 e. The Morgan fingerprint density at radius 1 is 1.29 bits per heavy atom. The molecule has 1 aliphatic rings. The second-order valence-corrected chi connectivity index (χ2v) is 6.34. The summed E-state index contributed by atoms with van der Waals surface area (Å²) >= 11 is 0. The molecule has 0 saturated carbocycles. The van der Waals surface area contributed by atoms with Crippen LogP contribution in [0.5, 0.6) is 0 Å². The van der Waals surface area contributed by atoms with E-state index in [1.54, 1.807) is 7.11 Å². The second kappa shape index (κ2) is 8.44. The predicted octanol–water partition coefficient (Wildman–Crippen LogP) is 3.53. The molecule has 0 spiro atoms. The Balaban J connectivity index is 1.71. The molecule has 2 aromatic heterocycles. The fourth-order valence-corrected chi connectivity index (χ4v) is 3.27. The van der Waals surface area contributed by atoms with Crippen molar-refractivity contribution < 1.29 is 13.7 Å². The summed E-state index contributed by atoms with van der Waals surface area (Å²) in [7, 11) is 1.68. The van der Waals surface area contributed by atoms with Gasteiger partial charge in [-0.2, -0.15) is 4.98 Å². The van der Waals surface area contributed by atoms with E-state index in [0.717, 1.165) is 30.9 Å². The van der Waals surface area contributed by atoms with E-state index in [0.29, 0.717) is 37.3 Å². The number of hydrogen-bond acceptors (Lipinski definition) is 6. The molecule has 1 aliphatic heterocycles. The maximum Gasteiger partial charge on any atom is 0.240 e. The highest BCUT2D eigenvalue weighted by atomic mass is 16.5. The van der Waals surface area contributed by atoms with E-state index in [1.807, 2.05) is 0 Å². The fraction of sp³-hybridized carbons (Fsp3) is 0.667. The molecule has 1 atom stereocenters. The van der Waals surface area contributed by atoms with Gasteiger partial charge in [-0.15, -0.1) is 0 Å². The molecule has 6 heteroatoms. The smallest absolute Gasteiger partial charge is 0.240 e. The molecule has 0 aromatic carbocycles. The Morgan fingerprint density at radius 3 is 3.00 bits per heavy atom. The van der Waals surface area contributed by atoms with Crippen molar-refractivity contribution in [2.24, 2.45) is 0 Å². The Kier molecular flexibility index (Phi) is 6.04. The Hall–Kier alpha value is -1.66. The van der Waals surface area contributed by atoms with Crippen molar-refractivity contribution in [3.63, 3.8) is 0 Å². The molecule has 1 saturated heterocycles. The Bertz CT molecular complexity index is 623. The number of aromatic nitrogens is 2. The van der Waals surface area contributed by atoms with Crippen LogP contribution >= 0.6 is 0 Å². The first-order valence-corrected chi connectivity index (χ1v) is 8.93. The van der Waals surface area contributed by atoms with Gasteiger partial charge >= 0.3 is 0 Å². The lowest BCUT2D eigenvalue weighted by Gasteiger charge is -2.26. The number of hydrogen-bond donors (Lipinski definition) is 0. The highest BCUT2D eigenvalue weighted by Crippen LogP contribution is 2.32. The van der Waals surface area contributed by atoms with E-state index < -0.39 is 0 Å². The third-order valence-corrected chi connectivity index (χ3v) is 4.60. The van der Waals surface area contributed by atoms with Crippen LogP contribution in [0.2, 0.25) is 0 Å². The van der Waals surface area contributed by atoms with Crippen molar-refractivity contribution >= 4 is 0 Å². The number of aryl methyl sites for hydroxylation is 1. The number of likely N-dealkylation sites (tertiary alicyclic amines) is 1. The quantitative estimate of drug-likeness (QED) is 0.772. The normalized spacial score (nSPS) is 19.5. The molecule has 0 unspecified atom stereocenters. The first-order valence-electron chi connectivity index (χ1n) is 8.93. The summed E-state index contributed by atoms with van der Waals surface area (Å²) < 4.78 is 16.5. The van der Waals surface area contributed by atoms with Gasteiger partial charge in [-0.1, -0.05) is 24.9 Å². The average molecular weight is 333 g/mol. The Morgan fingerprint density at radius 2 is 2.21 bits per heavy atom. The van der Waals surface area contributed by atoms with Crippen molar-refractivity contribution in [2.75, 3.05) is 20.3 Å². The van der Waals surface area contributed by atoms with Crippen LogP contribution in [0.15, 0.2) is 21.1 Å². The highest BCUT2D eigenvalue weighted by molar-refractivity contribution is 5.11. The van der Waals surface area contributed by atoms with Gasteiger partial charge in [0.15, 0.2) is 5.82 Å². The number of methoxy groups -OCH3 is 1. The van der Waals surface area contributed by atoms with Crippen molar-refractivity contribution in [1.82, 2.24) is 15.0 Å². The number of rotatable bonds is 7. The number of furan rings is 1. The van der Waals surface area contributed by atoms with Gasteiger partial charge in [-0.05, 0) is 31.5 Å². The summed E-state index contributed by atoms with van der Waals surface area (Å²) in [5.74, 6) is 3.50. The monoisotopic (exact) mass is 333 g/mol. The number of nitrogens with zero attached hydrogens (tertiary/aromatic N) is 3. The molecule has 2 aromatic rings. The van der Waals surface area contributed by atoms with Gasteiger partial charge < -0.3 is 13.7 Å². The summed E-state index contributed by atoms with van der Waals surface area (Å²) in [4.78, 5) is 6.91. The molecule has 6 nitrogen and oxygen atoms in total. The summed E-state index contributed by atoms with van der Waals surface area (Å²) in [6.45, 7) is 4.43. The lowest BCUT2D eigenvalue weighted by atomic mass is 10.1. The van der Waals surface area contributed by atoms with E-state index in [2.05, 4.69) is 34.1 Å². The SMILES string of the molecule is CCc1ccc([C@H]2CCCCCN2Cc2nc(CCOC)no2)o1. The number of ether oxygens (including phenoxy) is 1. The molecular weight excluding hydrogens is 306 g/mol. The van der Waals surface area contributed by atoms with E-state index in [4.69, 9.17) is 13.7 Å². The van der Waals surface area contributed by atoms with Gasteiger partial charge in [0.1, 0.15) is 11.5 Å². The van der Waals surface area contributed by atoms with Gasteiger partial charge in [0.25, 0.3) is 0 Å². The molecule has 0 bridgehead atoms. The van der Waals surface area contributed by atoms with E-state index in [-0.39, 0.29) is 0 Å². The highest BCUT2D eigenvalue weighted by Gasteiger charge is 2.26. The van der Waals surface area contributed by atoms with Crippen molar-refractivity contribution in [2.45, 2.75) is 58.0 Å². The summed E-state index contributed by atoms with van der Waals surface area (Å²) in [5, 5.41) is 4.04. The van der Waals surface area contributed by atoms with E-state index >= 15 is 0 Å². The van der Waals surface area contributed by atoms with Crippen LogP contribution in [-0.4, -0.2) is 35.3 Å². The zero-order chi connectivity index (χ0) is 16.8. The summed E-state index contributed by atoms with van der Waals surface area (Å²) in [5.41, 5.74) is 0. The molecule has 3 heterocycles. The van der Waals surface area contributed by atoms with Crippen LogP contribution in [0.25, 0.3) is 0 Å². The molecule has 3 rings (SSSR count). The van der Waals surface area contributed by atoms with Crippen molar-refractivity contribution in [1.29, 1.82) is 0 Å². The molecule has 24 heavy (non-hydrogen) atoms. The van der Waals surface area contributed by atoms with E-state index in [1.165, 1.54) is 19.3 Å². The molecule has 0 N–H and O–H groups in total. The van der Waals surface area contributed by atoms with E-state index in [9.17, 15) is 0 Å². The lowest BCUT2D eigenvalue weighted by molar-refractivity contribution is 0.148. The zero-order valence-electron chi connectivity index (χ0n) is 14.7. The second-order valence-electron chi connectivity index (χ2n) is 6.34. The molecular formula is C18H27N3O3. The third-order valence-electron chi connectivity index (χ3n) is 4.60. The third kappa shape index (κ3) is 4.24. The van der Waals surface area contributed by atoms with Crippen molar-refractivity contribution in [3.05, 3.63) is 35.4 Å². The van der Waals surface area contributed by atoms with Gasteiger partial charge in [0.05, 0.1) is 19.2 Å². The molecule has 1 fully saturated rings. The molecule has 132 valence electrons. The standard InChI is InChI=1S/C18H27N3O3/c1-3-14-8-9-16(23-14)15-7-5-4-6-11-21(15)13-18-19-17(20-24-18)10-12-22-2/h8-9,15H,3-7,10-13H2,1-2H3/t15-/m1/s1. The Labute approximate surface area is 143 Å². The van der Waals surface area contributed by atoms with Crippen LogP contribution in [0.1, 0.15) is 61.9 Å². The lowest BCUT2D eigenvalue weighted by Crippen LogP contribution is -2.28. The van der Waals surface area contributed by atoms with Crippen LogP contribution in [0.3, 0.4) is 0 Å². The van der Waals surface area contributed by atoms with Gasteiger partial charge in [0, 0.05) is 20.0 Å². The summed E-state index contributed by atoms with van der Waals surface area (Å²) in [6.07, 6.45) is 6.41. The van der Waals surface area contributed by atoms with Crippen LogP contribution < -0.4 is 0 Å². The zero-order valence-corrected chi connectivity index (χ0v) is 14.7. The van der Waals surface area contributed by atoms with Crippen LogP contribution in [-0.2, 0) is 24.1 Å². The van der Waals surface area contributed by atoms with Crippen LogP contribution in [0, 0.1) is 0 Å². The topological polar surface area (TPSA) is 64.5 Å². The first-order chi connectivity index (χ1) is 11.8. The fourth-order valence-electron chi connectivity index (χ4n) is 3.27. The average Bonchev–Trinajstić information content (AvgIpc) is 3.19. The molecule has 0 amide bonds. The molecule has 0 aliphatic carbocycles. The minimum atomic E-state index is 0.294. The van der Waals surface area contributed by atoms with Crippen molar-refractivity contribution in [3.8, 4) is 0 Å². The predicted molar refractivity (Wildman–Crippen MR) is 89.6 cm³/mol. The summed E-state index contributed by atoms with van der Waals surface area (Å²) in [6, 6.07) is 4.51. The maximum atomic E-state index is 6.03. The van der Waals surface area contributed by atoms with Gasteiger partial charge in [-0.25, -0.2) is 0 Å². The maximum absolute atomic E-state index is 6.03. The molecule has 0 radical (unpaired) electrons.